The minimum atomic E-state index is -4.54. The van der Waals surface area contributed by atoms with Crippen molar-refractivity contribution in [3.63, 3.8) is 0 Å². The van der Waals surface area contributed by atoms with Gasteiger partial charge >= 0.3 is 6.18 Å². The highest BCUT2D eigenvalue weighted by atomic mass is 32.2. The average molecular weight is 359 g/mol. The Kier molecular flexibility index (Phi) is 5.08. The number of methoxy groups -OCH3 is 1. The Morgan fingerprint density at radius 3 is 2.42 bits per heavy atom. The molecule has 0 aromatic heterocycles. The van der Waals surface area contributed by atoms with E-state index in [-0.39, 0.29) is 10.6 Å². The van der Waals surface area contributed by atoms with Crippen LogP contribution in [0.4, 0.5) is 18.9 Å². The molecule has 0 atom stereocenters. The molecule has 0 bridgehead atoms. The molecule has 0 unspecified atom stereocenters. The molecule has 2 rings (SSSR count). The molecule has 0 aliphatic carbocycles. The van der Waals surface area contributed by atoms with Gasteiger partial charge in [0.2, 0.25) is 0 Å². The van der Waals surface area contributed by atoms with Gasteiger partial charge < -0.3 is 4.74 Å². The van der Waals surface area contributed by atoms with E-state index in [9.17, 15) is 21.6 Å². The normalized spacial score (nSPS) is 12.0. The van der Waals surface area contributed by atoms with Crippen LogP contribution in [0.5, 0.6) is 5.75 Å². The van der Waals surface area contributed by atoms with Crippen molar-refractivity contribution < 1.29 is 26.3 Å². The molecule has 1 N–H and O–H groups in total. The van der Waals surface area contributed by atoms with Gasteiger partial charge in [0.05, 0.1) is 17.6 Å². The number of hydrogen-bond donors (Lipinski definition) is 1. The van der Waals surface area contributed by atoms with E-state index in [1.165, 1.54) is 31.4 Å². The van der Waals surface area contributed by atoms with Crippen molar-refractivity contribution in [3.05, 3.63) is 53.6 Å². The lowest BCUT2D eigenvalue weighted by molar-refractivity contribution is -0.137. The molecule has 0 saturated carbocycles. The van der Waals surface area contributed by atoms with Gasteiger partial charge in [-0.25, -0.2) is 8.42 Å². The summed E-state index contributed by atoms with van der Waals surface area (Å²) in [6, 6.07) is 8.33. The predicted octanol–water partition coefficient (Wildman–Crippen LogP) is 4.08. The Hall–Kier alpha value is -2.22. The number of hydrogen-bond acceptors (Lipinski definition) is 3. The fourth-order valence-corrected chi connectivity index (χ4v) is 3.27. The number of aryl methyl sites for hydroxylation is 1. The van der Waals surface area contributed by atoms with Crippen LogP contribution in [0.2, 0.25) is 0 Å². The molecule has 0 saturated heterocycles. The molecule has 0 spiro atoms. The van der Waals surface area contributed by atoms with Crippen molar-refractivity contribution in [3.8, 4) is 5.75 Å². The van der Waals surface area contributed by atoms with Gasteiger partial charge in [-0.3, -0.25) is 4.72 Å². The first-order valence-corrected chi connectivity index (χ1v) is 8.52. The van der Waals surface area contributed by atoms with Crippen molar-refractivity contribution in [2.75, 3.05) is 11.8 Å². The molecule has 0 amide bonds. The number of halogens is 3. The SMILES string of the molecule is CCc1cc(S(=O)(=O)Nc2cccc(C(F)(F)F)c2)ccc1OC. The van der Waals surface area contributed by atoms with Crippen molar-refractivity contribution in [2.45, 2.75) is 24.4 Å². The van der Waals surface area contributed by atoms with Gasteiger partial charge in [0.25, 0.3) is 10.0 Å². The number of anilines is 1. The third-order valence-corrected chi connectivity index (χ3v) is 4.76. The van der Waals surface area contributed by atoms with Gasteiger partial charge in [0, 0.05) is 5.69 Å². The lowest BCUT2D eigenvalue weighted by Crippen LogP contribution is -2.14. The Balaban J connectivity index is 2.35. The van der Waals surface area contributed by atoms with Crippen LogP contribution >= 0.6 is 0 Å². The van der Waals surface area contributed by atoms with E-state index >= 15 is 0 Å². The minimum Gasteiger partial charge on any atom is -0.496 e. The van der Waals surface area contributed by atoms with Crippen LogP contribution in [0.15, 0.2) is 47.4 Å². The first-order chi connectivity index (χ1) is 11.2. The van der Waals surface area contributed by atoms with Crippen LogP contribution in [0.3, 0.4) is 0 Å². The molecule has 130 valence electrons. The minimum absolute atomic E-state index is 0.0439. The second-order valence-electron chi connectivity index (χ2n) is 5.01. The Morgan fingerprint density at radius 2 is 1.83 bits per heavy atom. The van der Waals surface area contributed by atoms with Gasteiger partial charge in [0.1, 0.15) is 5.75 Å². The monoisotopic (exact) mass is 359 g/mol. The summed E-state index contributed by atoms with van der Waals surface area (Å²) in [7, 11) is -2.53. The second kappa shape index (κ2) is 6.72. The smallest absolute Gasteiger partial charge is 0.416 e. The Labute approximate surface area is 138 Å². The van der Waals surface area contributed by atoms with Gasteiger partial charge in [0.15, 0.2) is 0 Å². The van der Waals surface area contributed by atoms with Crippen LogP contribution in [-0.4, -0.2) is 15.5 Å². The summed E-state index contributed by atoms with van der Waals surface area (Å²) in [5.41, 5.74) is -0.394. The lowest BCUT2D eigenvalue weighted by Gasteiger charge is -2.13. The van der Waals surface area contributed by atoms with Crippen LogP contribution in [-0.2, 0) is 22.6 Å². The first kappa shape index (κ1) is 18.1. The van der Waals surface area contributed by atoms with Gasteiger partial charge in [-0.15, -0.1) is 0 Å². The molecule has 0 aliphatic rings. The highest BCUT2D eigenvalue weighted by molar-refractivity contribution is 7.92. The highest BCUT2D eigenvalue weighted by Crippen LogP contribution is 2.31. The Morgan fingerprint density at radius 1 is 1.12 bits per heavy atom. The maximum Gasteiger partial charge on any atom is 0.416 e. The summed E-state index contributed by atoms with van der Waals surface area (Å²) in [5.74, 6) is 0.551. The fraction of sp³-hybridized carbons (Fsp3) is 0.250. The zero-order valence-electron chi connectivity index (χ0n) is 13.0. The molecule has 8 heteroatoms. The van der Waals surface area contributed by atoms with Gasteiger partial charge in [-0.1, -0.05) is 13.0 Å². The third kappa shape index (κ3) is 4.00. The number of alkyl halides is 3. The molecular weight excluding hydrogens is 343 g/mol. The molecule has 2 aromatic rings. The summed E-state index contributed by atoms with van der Waals surface area (Å²) < 4.78 is 70.2. The van der Waals surface area contributed by atoms with Crippen LogP contribution < -0.4 is 9.46 Å². The molecule has 0 fully saturated rings. The summed E-state index contributed by atoms with van der Waals surface area (Å²) in [6.45, 7) is 1.84. The zero-order chi connectivity index (χ0) is 18.0. The molecule has 2 aromatic carbocycles. The quantitative estimate of drug-likeness (QED) is 0.875. The van der Waals surface area contributed by atoms with E-state index in [4.69, 9.17) is 4.74 Å². The molecule has 0 aliphatic heterocycles. The van der Waals surface area contributed by atoms with E-state index in [0.29, 0.717) is 17.7 Å². The predicted molar refractivity (Wildman–Crippen MR) is 84.6 cm³/mol. The van der Waals surface area contributed by atoms with Crippen molar-refractivity contribution in [1.82, 2.24) is 0 Å². The number of ether oxygens (including phenoxy) is 1. The van der Waals surface area contributed by atoms with Crippen LogP contribution in [0, 0.1) is 0 Å². The fourth-order valence-electron chi connectivity index (χ4n) is 2.17. The molecule has 4 nitrogen and oxygen atoms in total. The van der Waals surface area contributed by atoms with Crippen molar-refractivity contribution in [2.24, 2.45) is 0 Å². The maximum absolute atomic E-state index is 12.7. The van der Waals surface area contributed by atoms with Crippen LogP contribution in [0.1, 0.15) is 18.1 Å². The van der Waals surface area contributed by atoms with Crippen molar-refractivity contribution >= 4 is 15.7 Å². The summed E-state index contributed by atoms with van der Waals surface area (Å²) in [6.07, 6.45) is -3.99. The molecular formula is C16H16F3NO3S. The molecule has 0 heterocycles. The second-order valence-corrected chi connectivity index (χ2v) is 6.69. The standard InChI is InChI=1S/C16H16F3NO3S/c1-3-11-9-14(7-8-15(11)23-2)24(21,22)20-13-6-4-5-12(10-13)16(17,18)19/h4-10,20H,3H2,1-2H3. The number of sulfonamides is 1. The average Bonchev–Trinajstić information content (AvgIpc) is 2.53. The molecule has 24 heavy (non-hydrogen) atoms. The zero-order valence-corrected chi connectivity index (χ0v) is 13.8. The third-order valence-electron chi connectivity index (χ3n) is 3.39. The summed E-state index contributed by atoms with van der Waals surface area (Å²) >= 11 is 0. The van der Waals surface area contributed by atoms with E-state index in [1.807, 2.05) is 6.92 Å². The lowest BCUT2D eigenvalue weighted by atomic mass is 10.1. The Bertz CT molecular complexity index is 833. The highest BCUT2D eigenvalue weighted by Gasteiger charge is 2.30. The summed E-state index contributed by atoms with van der Waals surface area (Å²) in [4.78, 5) is -0.0439. The first-order valence-electron chi connectivity index (χ1n) is 7.04. The number of benzene rings is 2. The largest absolute Gasteiger partial charge is 0.496 e. The van der Waals surface area contributed by atoms with E-state index in [0.717, 1.165) is 18.2 Å². The van der Waals surface area contributed by atoms with Gasteiger partial charge in [-0.2, -0.15) is 13.2 Å². The van der Waals surface area contributed by atoms with Crippen molar-refractivity contribution in [1.29, 1.82) is 0 Å². The number of nitrogens with one attached hydrogen (secondary N) is 1. The van der Waals surface area contributed by atoms with E-state index in [2.05, 4.69) is 4.72 Å². The van der Waals surface area contributed by atoms with Crippen LogP contribution in [0.25, 0.3) is 0 Å². The topological polar surface area (TPSA) is 55.4 Å². The maximum atomic E-state index is 12.7. The van der Waals surface area contributed by atoms with Gasteiger partial charge in [-0.05, 0) is 48.4 Å². The summed E-state index contributed by atoms with van der Waals surface area (Å²) in [5, 5.41) is 0. The van der Waals surface area contributed by atoms with E-state index < -0.39 is 21.8 Å². The number of rotatable bonds is 5. The molecule has 0 radical (unpaired) electrons. The van der Waals surface area contributed by atoms with E-state index in [1.54, 1.807) is 0 Å².